The number of aromatic nitrogens is 1. The molecule has 2 aromatic carbocycles. The second-order valence-electron chi connectivity index (χ2n) is 5.63. The van der Waals surface area contributed by atoms with Gasteiger partial charge in [0.1, 0.15) is 0 Å². The molecule has 4 nitrogen and oxygen atoms in total. The number of aryl methyl sites for hydroxylation is 2. The summed E-state index contributed by atoms with van der Waals surface area (Å²) in [6, 6.07) is 14.8. The molecular weight excluding hydrogens is 310 g/mol. The van der Waals surface area contributed by atoms with Crippen LogP contribution in [0.25, 0.3) is 22.5 Å². The van der Waals surface area contributed by atoms with Gasteiger partial charge in [-0.15, -0.1) is 0 Å². The van der Waals surface area contributed by atoms with E-state index >= 15 is 0 Å². The van der Waals surface area contributed by atoms with E-state index in [0.29, 0.717) is 5.76 Å². The first-order valence-electron chi connectivity index (χ1n) is 7.20. The zero-order valence-corrected chi connectivity index (χ0v) is 14.0. The predicted octanol–water partition coefficient (Wildman–Crippen LogP) is 4.03. The number of benzene rings is 2. The normalized spacial score (nSPS) is 11.6. The summed E-state index contributed by atoms with van der Waals surface area (Å²) in [6.45, 7) is 3.93. The lowest BCUT2D eigenvalue weighted by Gasteiger charge is -2.05. The molecule has 0 amide bonds. The van der Waals surface area contributed by atoms with Crippen LogP contribution >= 0.6 is 0 Å². The fourth-order valence-corrected chi connectivity index (χ4v) is 3.11. The van der Waals surface area contributed by atoms with Crippen LogP contribution in [0.5, 0.6) is 0 Å². The third kappa shape index (κ3) is 3.05. The van der Waals surface area contributed by atoms with E-state index < -0.39 is 9.84 Å². The lowest BCUT2D eigenvalue weighted by molar-refractivity contribution is 0.427. The van der Waals surface area contributed by atoms with Crippen LogP contribution < -0.4 is 0 Å². The number of hydrogen-bond acceptors (Lipinski definition) is 4. The van der Waals surface area contributed by atoms with Crippen molar-refractivity contribution in [3.8, 4) is 22.5 Å². The maximum atomic E-state index is 11.6. The Hall–Kier alpha value is -2.40. The Morgan fingerprint density at radius 2 is 1.43 bits per heavy atom. The van der Waals surface area contributed by atoms with E-state index in [9.17, 15) is 8.42 Å². The summed E-state index contributed by atoms with van der Waals surface area (Å²) in [6.07, 6.45) is 1.19. The SMILES string of the molecule is Cc1ccc(-c2c(C)noc2-c2ccc(S(C)(=O)=O)cc2)cc1. The molecule has 0 radical (unpaired) electrons. The molecule has 0 unspecified atom stereocenters. The van der Waals surface area contributed by atoms with Gasteiger partial charge in [-0.2, -0.15) is 0 Å². The highest BCUT2D eigenvalue weighted by Crippen LogP contribution is 2.35. The molecule has 1 aromatic heterocycles. The molecule has 0 atom stereocenters. The summed E-state index contributed by atoms with van der Waals surface area (Å²) in [5.74, 6) is 0.645. The van der Waals surface area contributed by atoms with Crippen molar-refractivity contribution in [2.45, 2.75) is 18.7 Å². The standard InChI is InChI=1S/C18H17NO3S/c1-12-4-6-14(7-5-12)17-13(2)19-22-18(17)15-8-10-16(11-9-15)23(3,20)21/h4-11H,1-3H3. The minimum Gasteiger partial charge on any atom is -0.355 e. The zero-order valence-electron chi connectivity index (χ0n) is 13.2. The van der Waals surface area contributed by atoms with Gasteiger partial charge in [-0.25, -0.2) is 8.42 Å². The Bertz CT molecular complexity index is 937. The number of rotatable bonds is 3. The average Bonchev–Trinajstić information content (AvgIpc) is 2.89. The largest absolute Gasteiger partial charge is 0.355 e. The molecule has 0 spiro atoms. The maximum Gasteiger partial charge on any atom is 0.175 e. The molecule has 0 aliphatic carbocycles. The molecule has 0 aliphatic heterocycles. The molecule has 0 bridgehead atoms. The average molecular weight is 327 g/mol. The number of hydrogen-bond donors (Lipinski definition) is 0. The van der Waals surface area contributed by atoms with E-state index in [1.165, 1.54) is 11.8 Å². The van der Waals surface area contributed by atoms with Crippen LogP contribution in [0.3, 0.4) is 0 Å². The highest BCUT2D eigenvalue weighted by molar-refractivity contribution is 7.90. The monoisotopic (exact) mass is 327 g/mol. The molecule has 5 heteroatoms. The molecule has 0 fully saturated rings. The van der Waals surface area contributed by atoms with Crippen LogP contribution in [0, 0.1) is 13.8 Å². The van der Waals surface area contributed by atoms with Gasteiger partial charge in [0.05, 0.1) is 16.2 Å². The van der Waals surface area contributed by atoms with Crippen LogP contribution in [-0.2, 0) is 9.84 Å². The predicted molar refractivity (Wildman–Crippen MR) is 90.0 cm³/mol. The first-order chi connectivity index (χ1) is 10.9. The highest BCUT2D eigenvalue weighted by Gasteiger charge is 2.17. The molecule has 0 aliphatic rings. The fraction of sp³-hybridized carbons (Fsp3) is 0.167. The summed E-state index contributed by atoms with van der Waals surface area (Å²) in [7, 11) is -3.21. The van der Waals surface area contributed by atoms with Crippen molar-refractivity contribution in [1.29, 1.82) is 0 Å². The van der Waals surface area contributed by atoms with Crippen LogP contribution in [0.2, 0.25) is 0 Å². The third-order valence-electron chi connectivity index (χ3n) is 3.75. The van der Waals surface area contributed by atoms with E-state index in [1.807, 2.05) is 38.1 Å². The lowest BCUT2D eigenvalue weighted by atomic mass is 9.99. The van der Waals surface area contributed by atoms with Crippen molar-refractivity contribution in [3.63, 3.8) is 0 Å². The van der Waals surface area contributed by atoms with Crippen molar-refractivity contribution in [1.82, 2.24) is 5.16 Å². The molecule has 3 aromatic rings. The molecule has 0 N–H and O–H groups in total. The number of nitrogens with zero attached hydrogens (tertiary/aromatic N) is 1. The highest BCUT2D eigenvalue weighted by atomic mass is 32.2. The minimum atomic E-state index is -3.21. The van der Waals surface area contributed by atoms with Crippen molar-refractivity contribution >= 4 is 9.84 Å². The topological polar surface area (TPSA) is 60.2 Å². The van der Waals surface area contributed by atoms with Gasteiger partial charge in [-0.3, -0.25) is 0 Å². The van der Waals surface area contributed by atoms with Gasteiger partial charge in [0, 0.05) is 11.8 Å². The van der Waals surface area contributed by atoms with E-state index in [4.69, 9.17) is 4.52 Å². The molecule has 3 rings (SSSR count). The molecule has 1 heterocycles. The van der Waals surface area contributed by atoms with Crippen LogP contribution in [0.1, 0.15) is 11.3 Å². The van der Waals surface area contributed by atoms with E-state index in [0.717, 1.165) is 22.4 Å². The van der Waals surface area contributed by atoms with Gasteiger partial charge in [0.2, 0.25) is 0 Å². The maximum absolute atomic E-state index is 11.6. The van der Waals surface area contributed by atoms with Gasteiger partial charge in [0.25, 0.3) is 0 Å². The van der Waals surface area contributed by atoms with Gasteiger partial charge in [0.15, 0.2) is 15.6 Å². The Kier molecular flexibility index (Phi) is 3.82. The molecule has 0 saturated carbocycles. The third-order valence-corrected chi connectivity index (χ3v) is 4.88. The Morgan fingerprint density at radius 3 is 2.00 bits per heavy atom. The van der Waals surface area contributed by atoms with Crippen molar-refractivity contribution < 1.29 is 12.9 Å². The summed E-state index contributed by atoms with van der Waals surface area (Å²) in [5, 5.41) is 4.07. The molecule has 23 heavy (non-hydrogen) atoms. The van der Waals surface area contributed by atoms with Gasteiger partial charge in [-0.1, -0.05) is 35.0 Å². The summed E-state index contributed by atoms with van der Waals surface area (Å²) in [5.41, 5.74) is 4.74. The summed E-state index contributed by atoms with van der Waals surface area (Å²) >= 11 is 0. The van der Waals surface area contributed by atoms with E-state index in [2.05, 4.69) is 5.16 Å². The smallest absolute Gasteiger partial charge is 0.175 e. The first-order valence-corrected chi connectivity index (χ1v) is 9.09. The van der Waals surface area contributed by atoms with Crippen LogP contribution in [0.4, 0.5) is 0 Å². The second kappa shape index (κ2) is 5.66. The zero-order chi connectivity index (χ0) is 16.6. The van der Waals surface area contributed by atoms with Crippen molar-refractivity contribution in [2.24, 2.45) is 0 Å². The Morgan fingerprint density at radius 1 is 0.870 bits per heavy atom. The van der Waals surface area contributed by atoms with Gasteiger partial charge < -0.3 is 4.52 Å². The summed E-state index contributed by atoms with van der Waals surface area (Å²) in [4.78, 5) is 0.286. The molecule has 118 valence electrons. The van der Waals surface area contributed by atoms with Crippen molar-refractivity contribution in [3.05, 3.63) is 59.8 Å². The first kappa shape index (κ1) is 15.5. The van der Waals surface area contributed by atoms with Crippen molar-refractivity contribution in [2.75, 3.05) is 6.26 Å². The Balaban J connectivity index is 2.10. The quantitative estimate of drug-likeness (QED) is 0.729. The fourth-order valence-electron chi connectivity index (χ4n) is 2.48. The molecular formula is C18H17NO3S. The Labute approximate surface area is 135 Å². The second-order valence-corrected chi connectivity index (χ2v) is 7.65. The van der Waals surface area contributed by atoms with Gasteiger partial charge in [-0.05, 0) is 43.7 Å². The van der Waals surface area contributed by atoms with E-state index in [-0.39, 0.29) is 4.90 Å². The lowest BCUT2D eigenvalue weighted by Crippen LogP contribution is -1.96. The summed E-state index contributed by atoms with van der Waals surface area (Å²) < 4.78 is 28.6. The van der Waals surface area contributed by atoms with E-state index in [1.54, 1.807) is 24.3 Å². The van der Waals surface area contributed by atoms with Gasteiger partial charge >= 0.3 is 0 Å². The van der Waals surface area contributed by atoms with Crippen LogP contribution in [0.15, 0.2) is 57.9 Å². The molecule has 0 saturated heterocycles. The van der Waals surface area contributed by atoms with Crippen LogP contribution in [-0.4, -0.2) is 19.8 Å². The minimum absolute atomic E-state index is 0.286. The number of sulfone groups is 1.